The van der Waals surface area contributed by atoms with Gasteiger partial charge in [-0.05, 0) is 98.7 Å². The predicted octanol–water partition coefficient (Wildman–Crippen LogP) is 7.15. The van der Waals surface area contributed by atoms with Gasteiger partial charge in [0.1, 0.15) is 11.7 Å². The lowest BCUT2D eigenvalue weighted by atomic mass is 9.41. The molecule has 7 atom stereocenters. The molecule has 0 N–H and O–H groups in total. The third kappa shape index (κ3) is 5.56. The van der Waals surface area contributed by atoms with E-state index in [9.17, 15) is 9.59 Å². The number of hydrogen-bond donors (Lipinski definition) is 0. The van der Waals surface area contributed by atoms with E-state index in [1.807, 2.05) is 24.3 Å². The molecule has 39 heavy (non-hydrogen) atoms. The van der Waals surface area contributed by atoms with Crippen molar-refractivity contribution in [3.8, 4) is 0 Å². The summed E-state index contributed by atoms with van der Waals surface area (Å²) >= 11 is 11.9. The molecule has 0 bridgehead atoms. The molecular weight excluding hydrogens is 533 g/mol. The molecule has 0 spiro atoms. The van der Waals surface area contributed by atoms with Crippen LogP contribution >= 0.6 is 23.2 Å². The summed E-state index contributed by atoms with van der Waals surface area (Å²) in [6.07, 6.45) is 9.24. The summed E-state index contributed by atoms with van der Waals surface area (Å²) in [6, 6.07) is 8.09. The van der Waals surface area contributed by atoms with Crippen molar-refractivity contribution in [2.45, 2.75) is 96.7 Å². The van der Waals surface area contributed by atoms with Crippen molar-refractivity contribution < 1.29 is 19.1 Å². The van der Waals surface area contributed by atoms with Gasteiger partial charge in [0.15, 0.2) is 0 Å². The zero-order valence-electron chi connectivity index (χ0n) is 23.9. The highest BCUT2D eigenvalue weighted by Crippen LogP contribution is 2.68. The quantitative estimate of drug-likeness (QED) is 0.242. The molecule has 3 saturated carbocycles. The Kier molecular flexibility index (Phi) is 8.51. The minimum absolute atomic E-state index is 0.0150. The van der Waals surface area contributed by atoms with Crippen molar-refractivity contribution in [3.63, 3.8) is 0 Å². The van der Waals surface area contributed by atoms with Crippen molar-refractivity contribution in [2.24, 2.45) is 28.6 Å². The average Bonchev–Trinajstić information content (AvgIpc) is 2.89. The fourth-order valence-corrected chi connectivity index (χ4v) is 9.41. The fraction of sp³-hybridized carbons (Fsp3) is 0.750. The summed E-state index contributed by atoms with van der Waals surface area (Å²) in [5.41, 5.74) is 2.14. The SMILES string of the molecule is C[C@@]12CC[C@H]3[C@@H]4CCC(=O)O[C@@]4(C)CC[C@@H]3[C@@]1(C)CC[C@H](OC(=O)Cc1ccc(N(CCCl)CCCl)cc1)C2. The Labute approximate surface area is 244 Å². The number of alkyl halides is 2. The van der Waals surface area contributed by atoms with Gasteiger partial charge in [-0.25, -0.2) is 0 Å². The number of halogens is 2. The van der Waals surface area contributed by atoms with Crippen molar-refractivity contribution in [1.29, 1.82) is 0 Å². The molecule has 7 heteroatoms. The van der Waals surface area contributed by atoms with E-state index in [1.54, 1.807) is 0 Å². The number of fused-ring (bicyclic) bond motifs is 5. The lowest BCUT2D eigenvalue weighted by Crippen LogP contribution is -2.61. The number of anilines is 1. The van der Waals surface area contributed by atoms with E-state index >= 15 is 0 Å². The Morgan fingerprint density at radius 1 is 0.974 bits per heavy atom. The van der Waals surface area contributed by atoms with E-state index in [-0.39, 0.29) is 34.5 Å². The van der Waals surface area contributed by atoms with Crippen LogP contribution in [-0.4, -0.2) is 48.5 Å². The zero-order chi connectivity index (χ0) is 27.8. The number of benzene rings is 1. The maximum Gasteiger partial charge on any atom is 0.310 e. The van der Waals surface area contributed by atoms with Crippen LogP contribution in [0.15, 0.2) is 24.3 Å². The fourth-order valence-electron chi connectivity index (χ4n) is 9.00. The Morgan fingerprint density at radius 3 is 2.38 bits per heavy atom. The number of hydrogen-bond acceptors (Lipinski definition) is 5. The van der Waals surface area contributed by atoms with E-state index in [0.29, 0.717) is 42.4 Å². The van der Waals surface area contributed by atoms with Gasteiger partial charge in [0.2, 0.25) is 0 Å². The average molecular weight is 579 g/mol. The van der Waals surface area contributed by atoms with Crippen LogP contribution in [0.4, 0.5) is 5.69 Å². The van der Waals surface area contributed by atoms with Gasteiger partial charge in [-0.15, -0.1) is 23.2 Å². The molecule has 4 aliphatic rings. The second-order valence-electron chi connectivity index (χ2n) is 13.3. The van der Waals surface area contributed by atoms with Crippen LogP contribution in [0.2, 0.25) is 0 Å². The summed E-state index contributed by atoms with van der Waals surface area (Å²) in [7, 11) is 0. The van der Waals surface area contributed by atoms with E-state index in [2.05, 4.69) is 25.7 Å². The maximum atomic E-state index is 13.0. The zero-order valence-corrected chi connectivity index (χ0v) is 25.4. The number of ether oxygens (including phenoxy) is 2. The van der Waals surface area contributed by atoms with Crippen LogP contribution in [0.5, 0.6) is 0 Å². The third-order valence-corrected chi connectivity index (χ3v) is 11.7. The molecule has 0 aromatic heterocycles. The molecule has 1 aromatic rings. The van der Waals surface area contributed by atoms with Crippen LogP contribution in [-0.2, 0) is 25.5 Å². The summed E-state index contributed by atoms with van der Waals surface area (Å²) in [5.74, 6) is 2.69. The first kappa shape index (κ1) is 29.0. The summed E-state index contributed by atoms with van der Waals surface area (Å²) in [6.45, 7) is 8.62. The highest BCUT2D eigenvalue weighted by atomic mass is 35.5. The van der Waals surface area contributed by atoms with Gasteiger partial charge in [0.25, 0.3) is 0 Å². The van der Waals surface area contributed by atoms with Crippen LogP contribution in [0.3, 0.4) is 0 Å². The molecule has 216 valence electrons. The summed E-state index contributed by atoms with van der Waals surface area (Å²) in [5, 5.41) is 0. The van der Waals surface area contributed by atoms with E-state index < -0.39 is 0 Å². The first-order chi connectivity index (χ1) is 18.6. The largest absolute Gasteiger partial charge is 0.462 e. The van der Waals surface area contributed by atoms with Crippen molar-refractivity contribution in [2.75, 3.05) is 29.7 Å². The maximum absolute atomic E-state index is 13.0. The van der Waals surface area contributed by atoms with Gasteiger partial charge < -0.3 is 14.4 Å². The normalized spacial score (nSPS) is 37.6. The van der Waals surface area contributed by atoms with Crippen molar-refractivity contribution in [1.82, 2.24) is 0 Å². The molecule has 1 aromatic carbocycles. The van der Waals surface area contributed by atoms with Crippen LogP contribution in [0, 0.1) is 28.6 Å². The lowest BCUT2D eigenvalue weighted by molar-refractivity contribution is -0.218. The minimum Gasteiger partial charge on any atom is -0.462 e. The van der Waals surface area contributed by atoms with Gasteiger partial charge in [0.05, 0.1) is 6.42 Å². The van der Waals surface area contributed by atoms with Gasteiger partial charge in [-0.2, -0.15) is 0 Å². The van der Waals surface area contributed by atoms with Crippen LogP contribution < -0.4 is 4.90 Å². The molecule has 0 unspecified atom stereocenters. The van der Waals surface area contributed by atoms with Gasteiger partial charge in [-0.3, -0.25) is 9.59 Å². The molecule has 4 fully saturated rings. The third-order valence-electron chi connectivity index (χ3n) is 11.3. The Bertz CT molecular complexity index is 1040. The first-order valence-electron chi connectivity index (χ1n) is 15.0. The summed E-state index contributed by atoms with van der Waals surface area (Å²) < 4.78 is 12.1. The monoisotopic (exact) mass is 577 g/mol. The molecule has 3 aliphatic carbocycles. The first-order valence-corrected chi connectivity index (χ1v) is 16.0. The molecule has 0 radical (unpaired) electrons. The molecular formula is C32H45Cl2NO4. The molecule has 5 nitrogen and oxygen atoms in total. The number of carbonyl (C=O) groups is 2. The van der Waals surface area contributed by atoms with Crippen LogP contribution in [0.1, 0.15) is 84.1 Å². The molecule has 5 rings (SSSR count). The Hall–Kier alpha value is -1.46. The highest BCUT2D eigenvalue weighted by molar-refractivity contribution is 6.18. The Morgan fingerprint density at radius 2 is 1.69 bits per heavy atom. The van der Waals surface area contributed by atoms with E-state index in [4.69, 9.17) is 32.7 Å². The smallest absolute Gasteiger partial charge is 0.310 e. The molecule has 1 saturated heterocycles. The molecule has 1 heterocycles. The minimum atomic E-state index is -0.280. The molecule has 1 aliphatic heterocycles. The predicted molar refractivity (Wildman–Crippen MR) is 156 cm³/mol. The van der Waals surface area contributed by atoms with E-state index in [1.165, 1.54) is 6.42 Å². The van der Waals surface area contributed by atoms with Gasteiger partial charge in [0, 0.05) is 42.9 Å². The second-order valence-corrected chi connectivity index (χ2v) is 14.1. The standard InChI is InChI=1S/C32H45Cl2NO4/c1-30-13-11-25-26(12-15-32(3)27(25)8-9-28(36)39-32)31(30,2)14-10-24(21-30)38-29(37)20-22-4-6-23(7-5-22)35(18-16-33)19-17-34/h4-7,24-27H,8-21H2,1-3H3/t24-,25+,26-,27-,30-,31+,32-/m0/s1. The number of nitrogens with zero attached hydrogens (tertiary/aromatic N) is 1. The highest BCUT2D eigenvalue weighted by Gasteiger charge is 2.62. The number of carbonyl (C=O) groups excluding carboxylic acids is 2. The molecule has 0 amide bonds. The topological polar surface area (TPSA) is 55.8 Å². The van der Waals surface area contributed by atoms with Gasteiger partial charge in [-0.1, -0.05) is 26.0 Å². The van der Waals surface area contributed by atoms with Crippen molar-refractivity contribution >= 4 is 40.8 Å². The Balaban J connectivity index is 1.19. The van der Waals surface area contributed by atoms with E-state index in [0.717, 1.165) is 69.3 Å². The number of rotatable bonds is 8. The summed E-state index contributed by atoms with van der Waals surface area (Å²) in [4.78, 5) is 27.2. The van der Waals surface area contributed by atoms with Crippen molar-refractivity contribution in [3.05, 3.63) is 29.8 Å². The lowest BCUT2D eigenvalue weighted by Gasteiger charge is -2.65. The second kappa shape index (κ2) is 11.4. The number of esters is 2. The van der Waals surface area contributed by atoms with Crippen LogP contribution in [0.25, 0.3) is 0 Å². The van der Waals surface area contributed by atoms with Gasteiger partial charge >= 0.3 is 11.9 Å².